The predicted octanol–water partition coefficient (Wildman–Crippen LogP) is 3.59. The lowest BCUT2D eigenvalue weighted by Crippen LogP contribution is -2.56. The maximum Gasteiger partial charge on any atom is 0.0529 e. The van der Waals surface area contributed by atoms with Crippen molar-refractivity contribution in [3.63, 3.8) is 0 Å². The van der Waals surface area contributed by atoms with Gasteiger partial charge in [-0.05, 0) is 48.6 Å². The minimum absolute atomic E-state index is 0.175. The quantitative estimate of drug-likeness (QED) is 0.891. The van der Waals surface area contributed by atoms with E-state index in [0.29, 0.717) is 5.41 Å². The van der Waals surface area contributed by atoms with Crippen molar-refractivity contribution >= 4 is 5.69 Å². The lowest BCUT2D eigenvalue weighted by atomic mass is 9.83. The van der Waals surface area contributed by atoms with Gasteiger partial charge in [-0.2, -0.15) is 0 Å². The highest BCUT2D eigenvalue weighted by Crippen LogP contribution is 2.49. The van der Waals surface area contributed by atoms with Crippen LogP contribution in [0.5, 0.6) is 0 Å². The Bertz CT molecular complexity index is 494. The molecule has 0 amide bonds. The molecular weight excluding hydrogens is 244 g/mol. The number of anilines is 1. The molecule has 1 fully saturated rings. The van der Waals surface area contributed by atoms with E-state index in [2.05, 4.69) is 49.9 Å². The number of benzene rings is 1. The fourth-order valence-electron chi connectivity index (χ4n) is 4.40. The lowest BCUT2D eigenvalue weighted by Gasteiger charge is -2.48. The van der Waals surface area contributed by atoms with Crippen molar-refractivity contribution < 1.29 is 0 Å². The smallest absolute Gasteiger partial charge is 0.0529 e. The van der Waals surface area contributed by atoms with E-state index in [1.165, 1.54) is 36.9 Å². The molecule has 2 heteroatoms. The van der Waals surface area contributed by atoms with Crippen LogP contribution in [0.25, 0.3) is 0 Å². The minimum Gasteiger partial charge on any atom is -0.364 e. The molecule has 0 spiro atoms. The number of nitrogens with two attached hydrogens (primary N) is 1. The molecule has 1 heterocycles. The molecule has 2 aliphatic rings. The maximum absolute atomic E-state index is 6.28. The molecule has 2 N–H and O–H groups in total. The van der Waals surface area contributed by atoms with Crippen LogP contribution in [0, 0.1) is 11.3 Å². The Balaban J connectivity index is 2.01. The summed E-state index contributed by atoms with van der Waals surface area (Å²) in [6.45, 7) is 9.09. The molecule has 2 unspecified atom stereocenters. The third-order valence-electron chi connectivity index (χ3n) is 5.37. The van der Waals surface area contributed by atoms with Gasteiger partial charge in [0.2, 0.25) is 0 Å². The standard InChI is InChI=1S/C18H28N2/c1-14-10-15-6-4-5-7-16(15)20(11-14)18(13-19)9-8-17(2,3)12-18/h4-7,14H,8-13,19H2,1-3H3. The number of fused-ring (bicyclic) bond motifs is 1. The molecule has 3 rings (SSSR count). The van der Waals surface area contributed by atoms with Gasteiger partial charge in [-0.1, -0.05) is 39.0 Å². The van der Waals surface area contributed by atoms with Gasteiger partial charge in [0.1, 0.15) is 0 Å². The summed E-state index contributed by atoms with van der Waals surface area (Å²) in [7, 11) is 0. The summed E-state index contributed by atoms with van der Waals surface area (Å²) in [6.07, 6.45) is 4.95. The zero-order valence-electron chi connectivity index (χ0n) is 13.2. The number of para-hydroxylation sites is 1. The van der Waals surface area contributed by atoms with Crippen LogP contribution in [0.1, 0.15) is 45.6 Å². The third-order valence-corrected chi connectivity index (χ3v) is 5.37. The Labute approximate surface area is 123 Å². The number of hydrogen-bond acceptors (Lipinski definition) is 2. The summed E-state index contributed by atoms with van der Waals surface area (Å²) in [5, 5.41) is 0. The topological polar surface area (TPSA) is 29.3 Å². The molecule has 110 valence electrons. The van der Waals surface area contributed by atoms with Crippen LogP contribution in [0.15, 0.2) is 24.3 Å². The second kappa shape index (κ2) is 4.77. The molecule has 0 bridgehead atoms. The molecule has 1 saturated carbocycles. The van der Waals surface area contributed by atoms with Crippen molar-refractivity contribution in [3.05, 3.63) is 29.8 Å². The largest absolute Gasteiger partial charge is 0.364 e. The van der Waals surface area contributed by atoms with Crippen LogP contribution >= 0.6 is 0 Å². The molecule has 1 aliphatic carbocycles. The second-order valence-electron chi connectivity index (χ2n) is 7.82. The van der Waals surface area contributed by atoms with Crippen LogP contribution in [0.3, 0.4) is 0 Å². The van der Waals surface area contributed by atoms with E-state index >= 15 is 0 Å². The second-order valence-corrected chi connectivity index (χ2v) is 7.82. The minimum atomic E-state index is 0.175. The molecule has 0 radical (unpaired) electrons. The van der Waals surface area contributed by atoms with Gasteiger partial charge in [-0.15, -0.1) is 0 Å². The summed E-state index contributed by atoms with van der Waals surface area (Å²) < 4.78 is 0. The molecule has 20 heavy (non-hydrogen) atoms. The molecule has 2 atom stereocenters. The van der Waals surface area contributed by atoms with E-state index < -0.39 is 0 Å². The Morgan fingerprint density at radius 1 is 1.25 bits per heavy atom. The van der Waals surface area contributed by atoms with Crippen molar-refractivity contribution in [2.45, 2.75) is 52.0 Å². The van der Waals surface area contributed by atoms with Gasteiger partial charge in [0.25, 0.3) is 0 Å². The summed E-state index contributed by atoms with van der Waals surface area (Å²) >= 11 is 0. The van der Waals surface area contributed by atoms with Crippen LogP contribution in [0.2, 0.25) is 0 Å². The number of rotatable bonds is 2. The fourth-order valence-corrected chi connectivity index (χ4v) is 4.40. The zero-order valence-corrected chi connectivity index (χ0v) is 13.2. The maximum atomic E-state index is 6.28. The lowest BCUT2D eigenvalue weighted by molar-refractivity contribution is 0.310. The normalized spacial score (nSPS) is 32.2. The molecule has 1 aromatic rings. The molecule has 0 saturated heterocycles. The number of hydrogen-bond donors (Lipinski definition) is 1. The van der Waals surface area contributed by atoms with Crippen molar-refractivity contribution in [2.24, 2.45) is 17.1 Å². The van der Waals surface area contributed by atoms with E-state index in [1.807, 2.05) is 0 Å². The molecular formula is C18H28N2. The van der Waals surface area contributed by atoms with Crippen molar-refractivity contribution in [1.29, 1.82) is 0 Å². The Hall–Kier alpha value is -1.02. The Kier molecular flexibility index (Phi) is 3.32. The molecule has 1 aliphatic heterocycles. The average molecular weight is 272 g/mol. The first-order valence-electron chi connectivity index (χ1n) is 8.01. The first-order valence-corrected chi connectivity index (χ1v) is 8.01. The van der Waals surface area contributed by atoms with Gasteiger partial charge in [-0.25, -0.2) is 0 Å². The first kappa shape index (κ1) is 13.9. The van der Waals surface area contributed by atoms with Crippen LogP contribution in [0.4, 0.5) is 5.69 Å². The van der Waals surface area contributed by atoms with Crippen LogP contribution in [-0.4, -0.2) is 18.6 Å². The highest BCUT2D eigenvalue weighted by molar-refractivity contribution is 5.58. The van der Waals surface area contributed by atoms with Crippen molar-refractivity contribution in [3.8, 4) is 0 Å². The van der Waals surface area contributed by atoms with Crippen molar-refractivity contribution in [1.82, 2.24) is 0 Å². The van der Waals surface area contributed by atoms with Gasteiger partial charge in [0, 0.05) is 18.8 Å². The number of nitrogens with zero attached hydrogens (tertiary/aromatic N) is 1. The highest BCUT2D eigenvalue weighted by atomic mass is 15.2. The Morgan fingerprint density at radius 2 is 2.00 bits per heavy atom. The van der Waals surface area contributed by atoms with Crippen molar-refractivity contribution in [2.75, 3.05) is 18.0 Å². The predicted molar refractivity (Wildman–Crippen MR) is 86.1 cm³/mol. The van der Waals surface area contributed by atoms with E-state index in [1.54, 1.807) is 0 Å². The molecule has 2 nitrogen and oxygen atoms in total. The van der Waals surface area contributed by atoms with Gasteiger partial charge in [0.05, 0.1) is 5.54 Å². The van der Waals surface area contributed by atoms with E-state index in [0.717, 1.165) is 19.0 Å². The highest BCUT2D eigenvalue weighted by Gasteiger charge is 2.47. The SMILES string of the molecule is CC1Cc2ccccc2N(C2(CN)CCC(C)(C)C2)C1. The van der Waals surface area contributed by atoms with E-state index in [9.17, 15) is 0 Å². The Morgan fingerprint density at radius 3 is 2.65 bits per heavy atom. The summed E-state index contributed by atoms with van der Waals surface area (Å²) in [6, 6.07) is 8.93. The van der Waals surface area contributed by atoms with Gasteiger partial charge in [0.15, 0.2) is 0 Å². The third kappa shape index (κ3) is 2.24. The van der Waals surface area contributed by atoms with E-state index in [4.69, 9.17) is 5.73 Å². The average Bonchev–Trinajstić information content (AvgIpc) is 2.74. The van der Waals surface area contributed by atoms with Gasteiger partial charge in [-0.3, -0.25) is 0 Å². The van der Waals surface area contributed by atoms with Crippen LogP contribution < -0.4 is 10.6 Å². The summed E-state index contributed by atoms with van der Waals surface area (Å²) in [5.41, 5.74) is 9.82. The van der Waals surface area contributed by atoms with Gasteiger partial charge >= 0.3 is 0 Å². The first-order chi connectivity index (χ1) is 9.46. The van der Waals surface area contributed by atoms with Crippen LogP contribution in [-0.2, 0) is 6.42 Å². The zero-order chi connectivity index (χ0) is 14.4. The monoisotopic (exact) mass is 272 g/mol. The summed E-state index contributed by atoms with van der Waals surface area (Å²) in [5.74, 6) is 0.719. The van der Waals surface area contributed by atoms with Gasteiger partial charge < -0.3 is 10.6 Å². The van der Waals surface area contributed by atoms with E-state index in [-0.39, 0.29) is 5.54 Å². The molecule has 0 aromatic heterocycles. The summed E-state index contributed by atoms with van der Waals surface area (Å²) in [4.78, 5) is 2.66. The molecule has 1 aromatic carbocycles. The fraction of sp³-hybridized carbons (Fsp3) is 0.667.